The summed E-state index contributed by atoms with van der Waals surface area (Å²) in [6, 6.07) is 12.2. The first-order valence-electron chi connectivity index (χ1n) is 8.55. The Bertz CT molecular complexity index is 1030. The lowest BCUT2D eigenvalue weighted by molar-refractivity contribution is 0.174. The van der Waals surface area contributed by atoms with Gasteiger partial charge in [-0.05, 0) is 35.9 Å². The Morgan fingerprint density at radius 3 is 2.89 bits per heavy atom. The highest BCUT2D eigenvalue weighted by Crippen LogP contribution is 2.39. The zero-order valence-corrected chi connectivity index (χ0v) is 16.0. The van der Waals surface area contributed by atoms with E-state index in [0.717, 1.165) is 43.2 Å². The first-order chi connectivity index (χ1) is 13.3. The van der Waals surface area contributed by atoms with Crippen LogP contribution in [0.3, 0.4) is 0 Å². The summed E-state index contributed by atoms with van der Waals surface area (Å²) in [7, 11) is 0. The SMILES string of the molecule is OCc1ccc(-c2cc3c(s2)C(NCc2ccc4c(c2)OCO4)=NCN3)s1. The molecular formula is C19H17N3O3S2. The van der Waals surface area contributed by atoms with E-state index in [-0.39, 0.29) is 13.4 Å². The number of hydrogen-bond acceptors (Lipinski definition) is 8. The molecule has 0 fully saturated rings. The van der Waals surface area contributed by atoms with Crippen molar-refractivity contribution in [3.05, 3.63) is 51.7 Å². The number of anilines is 1. The van der Waals surface area contributed by atoms with Crippen LogP contribution in [0, 0.1) is 0 Å². The van der Waals surface area contributed by atoms with Crippen molar-refractivity contribution in [3.63, 3.8) is 0 Å². The van der Waals surface area contributed by atoms with Crippen LogP contribution in [-0.4, -0.2) is 24.4 Å². The Balaban J connectivity index is 1.35. The topological polar surface area (TPSA) is 75.1 Å². The number of hydrogen-bond donors (Lipinski definition) is 3. The summed E-state index contributed by atoms with van der Waals surface area (Å²) < 4.78 is 10.8. The van der Waals surface area contributed by atoms with Crippen molar-refractivity contribution in [2.24, 2.45) is 4.99 Å². The third kappa shape index (κ3) is 3.16. The maximum Gasteiger partial charge on any atom is 0.231 e. The van der Waals surface area contributed by atoms with Crippen LogP contribution < -0.4 is 20.1 Å². The van der Waals surface area contributed by atoms with E-state index in [2.05, 4.69) is 27.8 Å². The second kappa shape index (κ2) is 6.88. The maximum absolute atomic E-state index is 9.29. The molecule has 0 radical (unpaired) electrons. The number of thiophene rings is 2. The van der Waals surface area contributed by atoms with Gasteiger partial charge in [0.15, 0.2) is 11.5 Å². The van der Waals surface area contributed by atoms with Gasteiger partial charge < -0.3 is 25.2 Å². The summed E-state index contributed by atoms with van der Waals surface area (Å²) >= 11 is 3.32. The van der Waals surface area contributed by atoms with Crippen LogP contribution in [-0.2, 0) is 13.2 Å². The lowest BCUT2D eigenvalue weighted by atomic mass is 10.2. The number of aliphatic hydroxyl groups excluding tert-OH is 1. The van der Waals surface area contributed by atoms with E-state index in [4.69, 9.17) is 9.47 Å². The van der Waals surface area contributed by atoms with Gasteiger partial charge in [0.2, 0.25) is 6.79 Å². The Labute approximate surface area is 164 Å². The smallest absolute Gasteiger partial charge is 0.231 e. The molecule has 0 aliphatic carbocycles. The van der Waals surface area contributed by atoms with Crippen molar-refractivity contribution in [3.8, 4) is 21.3 Å². The second-order valence-corrected chi connectivity index (χ2v) is 8.38. The number of aliphatic imine (C=N–C) groups is 1. The minimum absolute atomic E-state index is 0.0812. The van der Waals surface area contributed by atoms with Crippen molar-refractivity contribution in [1.29, 1.82) is 0 Å². The minimum Gasteiger partial charge on any atom is -0.454 e. The average molecular weight is 399 g/mol. The van der Waals surface area contributed by atoms with Crippen molar-refractivity contribution >= 4 is 34.2 Å². The lowest BCUT2D eigenvalue weighted by Gasteiger charge is -2.16. The molecule has 4 heterocycles. The third-order valence-corrected chi connectivity index (χ3v) is 6.82. The van der Waals surface area contributed by atoms with Gasteiger partial charge in [-0.1, -0.05) is 6.07 Å². The Morgan fingerprint density at radius 2 is 2.00 bits per heavy atom. The molecule has 3 aromatic rings. The van der Waals surface area contributed by atoms with E-state index in [1.807, 2.05) is 24.3 Å². The molecule has 6 nitrogen and oxygen atoms in total. The third-order valence-electron chi connectivity index (χ3n) is 4.41. The Morgan fingerprint density at radius 1 is 1.07 bits per heavy atom. The molecule has 3 N–H and O–H groups in total. The van der Waals surface area contributed by atoms with Crippen molar-refractivity contribution in [2.45, 2.75) is 13.2 Å². The number of ether oxygens (including phenoxy) is 2. The molecule has 0 atom stereocenters. The van der Waals surface area contributed by atoms with Gasteiger partial charge in [-0.2, -0.15) is 0 Å². The van der Waals surface area contributed by atoms with Crippen LogP contribution >= 0.6 is 22.7 Å². The van der Waals surface area contributed by atoms with E-state index in [9.17, 15) is 5.11 Å². The number of amidine groups is 1. The van der Waals surface area contributed by atoms with E-state index in [1.165, 1.54) is 4.88 Å². The predicted octanol–water partition coefficient (Wildman–Crippen LogP) is 3.62. The molecule has 1 aromatic carbocycles. The highest BCUT2D eigenvalue weighted by Gasteiger charge is 2.20. The molecule has 0 amide bonds. The number of nitrogens with one attached hydrogen (secondary N) is 2. The monoisotopic (exact) mass is 399 g/mol. The molecule has 0 spiro atoms. The van der Waals surface area contributed by atoms with Gasteiger partial charge in [0.25, 0.3) is 0 Å². The Kier molecular flexibility index (Phi) is 4.23. The summed E-state index contributed by atoms with van der Waals surface area (Å²) in [4.78, 5) is 9.02. The molecule has 5 rings (SSSR count). The molecule has 2 aliphatic heterocycles. The summed E-state index contributed by atoms with van der Waals surface area (Å²) in [6.07, 6.45) is 0. The lowest BCUT2D eigenvalue weighted by Crippen LogP contribution is -2.27. The molecule has 2 aliphatic rings. The molecule has 0 bridgehead atoms. The molecule has 0 saturated carbocycles. The zero-order valence-electron chi connectivity index (χ0n) is 14.3. The first-order valence-corrected chi connectivity index (χ1v) is 10.2. The van der Waals surface area contributed by atoms with Crippen LogP contribution in [0.5, 0.6) is 11.5 Å². The molecule has 2 aromatic heterocycles. The summed E-state index contributed by atoms with van der Waals surface area (Å²) in [6.45, 7) is 1.58. The highest BCUT2D eigenvalue weighted by atomic mass is 32.1. The summed E-state index contributed by atoms with van der Waals surface area (Å²) in [5, 5.41) is 16.1. The number of nitrogens with zero attached hydrogens (tertiary/aromatic N) is 1. The molecule has 8 heteroatoms. The largest absolute Gasteiger partial charge is 0.454 e. The highest BCUT2D eigenvalue weighted by molar-refractivity contribution is 7.23. The minimum atomic E-state index is 0.0812. The standard InChI is InChI=1S/C19H17N3O3S2/c23-8-12-2-4-16(26-12)17-6-13-18(27-17)19(22-9-21-13)20-7-11-1-3-14-15(5-11)25-10-24-14/h1-6,21,23H,7-10H2,(H,20,22). The first kappa shape index (κ1) is 16.6. The normalized spacial score (nSPS) is 14.5. The van der Waals surface area contributed by atoms with Gasteiger partial charge in [0.1, 0.15) is 12.5 Å². The number of rotatable bonds is 4. The molecular weight excluding hydrogens is 382 g/mol. The fraction of sp³-hybridized carbons (Fsp3) is 0.211. The van der Waals surface area contributed by atoms with Crippen molar-refractivity contribution in [1.82, 2.24) is 5.32 Å². The maximum atomic E-state index is 9.29. The summed E-state index contributed by atoms with van der Waals surface area (Å²) in [5.74, 6) is 2.48. The molecule has 0 saturated heterocycles. The fourth-order valence-electron chi connectivity index (χ4n) is 3.06. The van der Waals surface area contributed by atoms with Gasteiger partial charge in [-0.15, -0.1) is 22.7 Å². The van der Waals surface area contributed by atoms with E-state index < -0.39 is 0 Å². The van der Waals surface area contributed by atoms with Crippen LogP contribution in [0.15, 0.2) is 41.4 Å². The zero-order chi connectivity index (χ0) is 18.2. The van der Waals surface area contributed by atoms with Crippen molar-refractivity contribution < 1.29 is 14.6 Å². The number of benzene rings is 1. The summed E-state index contributed by atoms with van der Waals surface area (Å²) in [5.41, 5.74) is 2.21. The van der Waals surface area contributed by atoms with Gasteiger partial charge in [0, 0.05) is 21.2 Å². The molecule has 0 unspecified atom stereocenters. The van der Waals surface area contributed by atoms with Gasteiger partial charge in [-0.25, -0.2) is 4.99 Å². The Hall–Kier alpha value is -2.55. The van der Waals surface area contributed by atoms with Crippen LogP contribution in [0.25, 0.3) is 9.75 Å². The van der Waals surface area contributed by atoms with Crippen LogP contribution in [0.4, 0.5) is 5.69 Å². The van der Waals surface area contributed by atoms with Crippen molar-refractivity contribution in [2.75, 3.05) is 18.8 Å². The number of fused-ring (bicyclic) bond motifs is 2. The van der Waals surface area contributed by atoms with Gasteiger partial charge >= 0.3 is 0 Å². The number of aliphatic hydroxyl groups is 1. The molecule has 27 heavy (non-hydrogen) atoms. The quantitative estimate of drug-likeness (QED) is 0.625. The molecule has 138 valence electrons. The van der Waals surface area contributed by atoms with Gasteiger partial charge in [0.05, 0.1) is 17.2 Å². The fourth-order valence-corrected chi connectivity index (χ4v) is 5.13. The van der Waals surface area contributed by atoms with Gasteiger partial charge in [-0.3, -0.25) is 0 Å². The predicted molar refractivity (Wildman–Crippen MR) is 108 cm³/mol. The second-order valence-electron chi connectivity index (χ2n) is 6.16. The van der Waals surface area contributed by atoms with E-state index >= 15 is 0 Å². The average Bonchev–Trinajstić information content (AvgIpc) is 3.44. The van der Waals surface area contributed by atoms with Crippen LogP contribution in [0.2, 0.25) is 0 Å². The van der Waals surface area contributed by atoms with E-state index in [0.29, 0.717) is 13.2 Å². The van der Waals surface area contributed by atoms with E-state index in [1.54, 1.807) is 22.7 Å². The van der Waals surface area contributed by atoms with Crippen LogP contribution in [0.1, 0.15) is 15.3 Å².